The molecule has 0 unspecified atom stereocenters. The molecule has 0 bridgehead atoms. The van der Waals surface area contributed by atoms with Crippen molar-refractivity contribution in [2.45, 2.75) is 26.8 Å². The molecule has 0 amide bonds. The molecule has 0 saturated heterocycles. The predicted octanol–water partition coefficient (Wildman–Crippen LogP) is 2.24. The number of hydrogen-bond donors (Lipinski definition) is 1. The largest absolute Gasteiger partial charge is 0.395 e. The summed E-state index contributed by atoms with van der Waals surface area (Å²) in [5.41, 5.74) is 0.635. The van der Waals surface area contributed by atoms with Crippen LogP contribution in [0.1, 0.15) is 31.1 Å². The van der Waals surface area contributed by atoms with Crippen LogP contribution in [0.5, 0.6) is 0 Å². The fourth-order valence-corrected chi connectivity index (χ4v) is 1.83. The molecular weight excluding hydrogens is 221 g/mol. The number of rotatable bonds is 5. The third-order valence-electron chi connectivity index (χ3n) is 2.62. The van der Waals surface area contributed by atoms with E-state index >= 15 is 0 Å². The summed E-state index contributed by atoms with van der Waals surface area (Å²) in [7, 11) is 0. The summed E-state index contributed by atoms with van der Waals surface area (Å²) >= 11 is 0. The van der Waals surface area contributed by atoms with Gasteiger partial charge in [0.25, 0.3) is 0 Å². The summed E-state index contributed by atoms with van der Waals surface area (Å²) in [5, 5.41) is 9.02. The summed E-state index contributed by atoms with van der Waals surface area (Å²) < 4.78 is 13.9. The zero-order chi connectivity index (χ0) is 13.0. The number of aliphatic hydroxyl groups excluding tert-OH is 1. The monoisotopic (exact) mass is 239 g/mol. The molecule has 0 saturated carbocycles. The highest BCUT2D eigenvalue weighted by molar-refractivity contribution is 5.99. The number of aliphatic hydroxyl groups is 1. The lowest BCUT2D eigenvalue weighted by molar-refractivity contribution is 0.101. The normalized spacial score (nSPS) is 10.7. The third kappa shape index (κ3) is 3.03. The molecule has 0 spiro atoms. The lowest BCUT2D eigenvalue weighted by Gasteiger charge is -2.30. The summed E-state index contributed by atoms with van der Waals surface area (Å²) in [4.78, 5) is 13.2. The molecule has 0 atom stereocenters. The van der Waals surface area contributed by atoms with Crippen LogP contribution < -0.4 is 4.90 Å². The Kier molecular flexibility index (Phi) is 4.63. The lowest BCUT2D eigenvalue weighted by atomic mass is 10.1. The van der Waals surface area contributed by atoms with E-state index in [9.17, 15) is 9.18 Å². The van der Waals surface area contributed by atoms with Gasteiger partial charge in [-0.1, -0.05) is 6.07 Å². The highest BCUT2D eigenvalue weighted by atomic mass is 19.1. The summed E-state index contributed by atoms with van der Waals surface area (Å²) in [6.45, 7) is 5.43. The Hall–Kier alpha value is -1.42. The first-order valence-corrected chi connectivity index (χ1v) is 5.66. The predicted molar refractivity (Wildman–Crippen MR) is 66.0 cm³/mol. The number of carbonyl (C=O) groups excluding carboxylic acids is 1. The van der Waals surface area contributed by atoms with Crippen molar-refractivity contribution in [2.75, 3.05) is 18.1 Å². The van der Waals surface area contributed by atoms with E-state index in [2.05, 4.69) is 0 Å². The number of carbonyl (C=O) groups is 1. The highest BCUT2D eigenvalue weighted by Gasteiger charge is 2.20. The number of anilines is 1. The molecule has 1 N–H and O–H groups in total. The van der Waals surface area contributed by atoms with E-state index in [0.29, 0.717) is 12.1 Å². The van der Waals surface area contributed by atoms with E-state index in [1.54, 1.807) is 11.0 Å². The van der Waals surface area contributed by atoms with Gasteiger partial charge in [-0.25, -0.2) is 4.39 Å². The molecule has 0 aliphatic carbocycles. The molecule has 0 aromatic heterocycles. The molecule has 94 valence electrons. The van der Waals surface area contributed by atoms with E-state index in [0.717, 1.165) is 0 Å². The molecule has 0 aliphatic rings. The maximum Gasteiger partial charge on any atom is 0.161 e. The van der Waals surface area contributed by atoms with Crippen LogP contribution in [-0.4, -0.2) is 30.1 Å². The molecule has 0 aliphatic heterocycles. The molecule has 17 heavy (non-hydrogen) atoms. The highest BCUT2D eigenvalue weighted by Crippen LogP contribution is 2.26. The van der Waals surface area contributed by atoms with Gasteiger partial charge in [-0.3, -0.25) is 4.79 Å². The number of nitrogens with zero attached hydrogens (tertiary/aromatic N) is 1. The van der Waals surface area contributed by atoms with Gasteiger partial charge in [-0.05, 0) is 32.9 Å². The van der Waals surface area contributed by atoms with Gasteiger partial charge in [0.15, 0.2) is 5.78 Å². The third-order valence-corrected chi connectivity index (χ3v) is 2.62. The summed E-state index contributed by atoms with van der Waals surface area (Å²) in [5.74, 6) is -0.608. The molecule has 0 heterocycles. The Balaban J connectivity index is 3.29. The second-order valence-corrected chi connectivity index (χ2v) is 4.20. The van der Waals surface area contributed by atoms with Gasteiger partial charge in [-0.15, -0.1) is 0 Å². The smallest absolute Gasteiger partial charge is 0.161 e. The Morgan fingerprint density at radius 2 is 2.12 bits per heavy atom. The molecule has 1 aromatic rings. The number of halogens is 1. The van der Waals surface area contributed by atoms with Gasteiger partial charge in [0.2, 0.25) is 0 Å². The van der Waals surface area contributed by atoms with Crippen LogP contribution in [-0.2, 0) is 0 Å². The Morgan fingerprint density at radius 3 is 2.59 bits per heavy atom. The van der Waals surface area contributed by atoms with Crippen LogP contribution in [0.15, 0.2) is 18.2 Å². The molecule has 1 aromatic carbocycles. The minimum absolute atomic E-state index is 0.0112. The number of hydrogen-bond acceptors (Lipinski definition) is 3. The Morgan fingerprint density at radius 1 is 1.47 bits per heavy atom. The average Bonchev–Trinajstić information content (AvgIpc) is 2.25. The van der Waals surface area contributed by atoms with Gasteiger partial charge in [0, 0.05) is 18.2 Å². The minimum Gasteiger partial charge on any atom is -0.395 e. The molecule has 4 heteroatoms. The number of ketones is 1. The first-order chi connectivity index (χ1) is 7.99. The summed E-state index contributed by atoms with van der Waals surface area (Å²) in [6, 6.07) is 4.46. The molecular formula is C13H18FNO2. The van der Waals surface area contributed by atoms with Crippen molar-refractivity contribution in [3.05, 3.63) is 29.6 Å². The van der Waals surface area contributed by atoms with Crippen molar-refractivity contribution >= 4 is 11.5 Å². The van der Waals surface area contributed by atoms with E-state index in [1.807, 2.05) is 13.8 Å². The Bertz CT molecular complexity index is 404. The first-order valence-electron chi connectivity index (χ1n) is 5.66. The van der Waals surface area contributed by atoms with E-state index in [1.165, 1.54) is 19.1 Å². The van der Waals surface area contributed by atoms with Crippen LogP contribution in [0.4, 0.5) is 10.1 Å². The van der Waals surface area contributed by atoms with Gasteiger partial charge >= 0.3 is 0 Å². The van der Waals surface area contributed by atoms with E-state index < -0.39 is 5.82 Å². The second-order valence-electron chi connectivity index (χ2n) is 4.20. The number of benzene rings is 1. The van der Waals surface area contributed by atoms with Gasteiger partial charge in [0.05, 0.1) is 12.3 Å². The van der Waals surface area contributed by atoms with Crippen molar-refractivity contribution in [1.29, 1.82) is 0 Å². The van der Waals surface area contributed by atoms with E-state index in [-0.39, 0.29) is 24.1 Å². The molecule has 0 radical (unpaired) electrons. The fraction of sp³-hybridized carbons (Fsp3) is 0.462. The quantitative estimate of drug-likeness (QED) is 0.801. The Labute approximate surface area is 101 Å². The standard InChI is InChI=1S/C13H18FNO2/c1-9(2)15(7-8-16)13-11(10(3)17)5-4-6-12(13)14/h4-6,9,16H,7-8H2,1-3H3. The van der Waals surface area contributed by atoms with Gasteiger partial charge in [0.1, 0.15) is 5.82 Å². The zero-order valence-electron chi connectivity index (χ0n) is 10.4. The van der Waals surface area contributed by atoms with Crippen molar-refractivity contribution in [1.82, 2.24) is 0 Å². The maximum absolute atomic E-state index is 13.9. The van der Waals surface area contributed by atoms with Crippen LogP contribution in [0.3, 0.4) is 0 Å². The van der Waals surface area contributed by atoms with Crippen LogP contribution in [0.2, 0.25) is 0 Å². The second kappa shape index (κ2) is 5.77. The van der Waals surface area contributed by atoms with Crippen molar-refractivity contribution in [2.24, 2.45) is 0 Å². The van der Waals surface area contributed by atoms with Gasteiger partial charge < -0.3 is 10.0 Å². The zero-order valence-corrected chi connectivity index (χ0v) is 10.4. The van der Waals surface area contributed by atoms with E-state index in [4.69, 9.17) is 5.11 Å². The van der Waals surface area contributed by atoms with Crippen LogP contribution in [0, 0.1) is 5.82 Å². The molecule has 1 rings (SSSR count). The minimum atomic E-state index is -0.431. The number of Topliss-reactive ketones (excluding diaryl/α,β-unsaturated/α-hetero) is 1. The number of para-hydroxylation sites is 1. The molecule has 0 fully saturated rings. The SMILES string of the molecule is CC(=O)c1cccc(F)c1N(CCO)C(C)C. The van der Waals surface area contributed by atoms with Crippen molar-refractivity contribution < 1.29 is 14.3 Å². The lowest BCUT2D eigenvalue weighted by Crippen LogP contribution is -2.35. The molecule has 3 nitrogen and oxygen atoms in total. The van der Waals surface area contributed by atoms with Crippen molar-refractivity contribution in [3.63, 3.8) is 0 Å². The fourth-order valence-electron chi connectivity index (χ4n) is 1.83. The van der Waals surface area contributed by atoms with Crippen molar-refractivity contribution in [3.8, 4) is 0 Å². The van der Waals surface area contributed by atoms with Crippen LogP contribution in [0.25, 0.3) is 0 Å². The van der Waals surface area contributed by atoms with Gasteiger partial charge in [-0.2, -0.15) is 0 Å². The average molecular weight is 239 g/mol. The van der Waals surface area contributed by atoms with Crippen LogP contribution >= 0.6 is 0 Å². The maximum atomic E-state index is 13.9. The first kappa shape index (κ1) is 13.6. The summed E-state index contributed by atoms with van der Waals surface area (Å²) in [6.07, 6.45) is 0. The topological polar surface area (TPSA) is 40.5 Å².